The lowest BCUT2D eigenvalue weighted by molar-refractivity contribution is -0.149. The second-order valence-corrected chi connectivity index (χ2v) is 5.43. The molecule has 0 saturated carbocycles. The lowest BCUT2D eigenvalue weighted by atomic mass is 10.0. The van der Waals surface area contributed by atoms with Gasteiger partial charge in [0.05, 0.1) is 6.61 Å². The number of aliphatic carboxylic acids is 1. The van der Waals surface area contributed by atoms with Crippen LogP contribution in [0.5, 0.6) is 0 Å². The molecule has 1 unspecified atom stereocenters. The van der Waals surface area contributed by atoms with Crippen LogP contribution in [0, 0.1) is 0 Å². The molecule has 0 aliphatic carbocycles. The lowest BCUT2D eigenvalue weighted by Crippen LogP contribution is -2.55. The first kappa shape index (κ1) is 15.6. The minimum Gasteiger partial charge on any atom is -0.480 e. The molecule has 0 bridgehead atoms. The molecule has 7 nitrogen and oxygen atoms in total. The summed E-state index contributed by atoms with van der Waals surface area (Å²) >= 11 is 0. The van der Waals surface area contributed by atoms with Crippen LogP contribution in [0.15, 0.2) is 0 Å². The maximum atomic E-state index is 12.6. The number of carboxylic acids is 1. The first-order valence-corrected chi connectivity index (χ1v) is 7.53. The van der Waals surface area contributed by atoms with Gasteiger partial charge in [-0.1, -0.05) is 0 Å². The van der Waals surface area contributed by atoms with Crippen LogP contribution in [0.4, 0.5) is 4.79 Å². The summed E-state index contributed by atoms with van der Waals surface area (Å²) in [6, 6.07) is -1.71. The Morgan fingerprint density at radius 1 is 1.05 bits per heavy atom. The topological polar surface area (TPSA) is 87.2 Å². The first-order chi connectivity index (χ1) is 10.1. The van der Waals surface area contributed by atoms with E-state index >= 15 is 0 Å². The number of likely N-dealkylation sites (tertiary alicyclic amines) is 2. The molecule has 2 aliphatic rings. The van der Waals surface area contributed by atoms with Crippen molar-refractivity contribution < 1.29 is 24.2 Å². The molecule has 0 spiro atoms. The molecule has 0 aromatic heterocycles. The second kappa shape index (κ2) is 6.78. The Balaban J connectivity index is 2.11. The van der Waals surface area contributed by atoms with E-state index in [-0.39, 0.29) is 12.6 Å². The highest BCUT2D eigenvalue weighted by molar-refractivity contribution is 5.87. The van der Waals surface area contributed by atoms with Gasteiger partial charge in [-0.2, -0.15) is 0 Å². The van der Waals surface area contributed by atoms with Crippen LogP contribution in [-0.4, -0.2) is 64.7 Å². The number of urea groups is 1. The van der Waals surface area contributed by atoms with Crippen molar-refractivity contribution in [2.24, 2.45) is 0 Å². The number of nitrogens with zero attached hydrogens (tertiary/aromatic N) is 2. The van der Waals surface area contributed by atoms with E-state index in [2.05, 4.69) is 0 Å². The van der Waals surface area contributed by atoms with Gasteiger partial charge in [-0.15, -0.1) is 0 Å². The predicted molar refractivity (Wildman–Crippen MR) is 73.7 cm³/mol. The third kappa shape index (κ3) is 3.28. The molecule has 21 heavy (non-hydrogen) atoms. The molecule has 0 aromatic rings. The average molecular weight is 298 g/mol. The fourth-order valence-corrected chi connectivity index (χ4v) is 3.06. The number of hydrogen-bond donors (Lipinski definition) is 1. The van der Waals surface area contributed by atoms with Crippen molar-refractivity contribution in [3.8, 4) is 0 Å². The molecule has 2 fully saturated rings. The number of rotatable bonds is 3. The lowest BCUT2D eigenvalue weighted by Gasteiger charge is -2.37. The Labute approximate surface area is 123 Å². The van der Waals surface area contributed by atoms with E-state index in [0.29, 0.717) is 32.4 Å². The summed E-state index contributed by atoms with van der Waals surface area (Å²) < 4.78 is 5.03. The van der Waals surface area contributed by atoms with Crippen molar-refractivity contribution in [2.45, 2.75) is 51.1 Å². The number of piperidine rings is 1. The fourth-order valence-electron chi connectivity index (χ4n) is 3.06. The summed E-state index contributed by atoms with van der Waals surface area (Å²) in [6.45, 7) is 2.92. The summed E-state index contributed by atoms with van der Waals surface area (Å²) in [5.74, 6) is -1.37. The Kier molecular flexibility index (Phi) is 5.03. The molecule has 2 aliphatic heterocycles. The van der Waals surface area contributed by atoms with E-state index in [4.69, 9.17) is 4.74 Å². The molecular weight excluding hydrogens is 276 g/mol. The van der Waals surface area contributed by atoms with Gasteiger partial charge in [0.1, 0.15) is 12.1 Å². The zero-order valence-corrected chi connectivity index (χ0v) is 12.3. The number of amides is 2. The maximum Gasteiger partial charge on any atom is 0.328 e. The molecule has 1 N–H and O–H groups in total. The van der Waals surface area contributed by atoms with Gasteiger partial charge in [-0.3, -0.25) is 0 Å². The van der Waals surface area contributed by atoms with E-state index in [1.807, 2.05) is 0 Å². The number of esters is 1. The highest BCUT2D eigenvalue weighted by Crippen LogP contribution is 2.24. The molecule has 0 aromatic carbocycles. The van der Waals surface area contributed by atoms with Gasteiger partial charge in [0.25, 0.3) is 0 Å². The van der Waals surface area contributed by atoms with Crippen LogP contribution >= 0.6 is 0 Å². The Morgan fingerprint density at radius 2 is 1.67 bits per heavy atom. The highest BCUT2D eigenvalue weighted by Gasteiger charge is 2.41. The molecule has 2 amide bonds. The largest absolute Gasteiger partial charge is 0.480 e. The van der Waals surface area contributed by atoms with Crippen LogP contribution in [0.2, 0.25) is 0 Å². The van der Waals surface area contributed by atoms with E-state index < -0.39 is 24.0 Å². The molecule has 2 heterocycles. The van der Waals surface area contributed by atoms with Gasteiger partial charge in [-0.25, -0.2) is 14.4 Å². The normalized spacial score (nSPS) is 25.8. The van der Waals surface area contributed by atoms with Crippen molar-refractivity contribution in [1.29, 1.82) is 0 Å². The number of carbonyl (C=O) groups is 3. The van der Waals surface area contributed by atoms with Crippen LogP contribution in [-0.2, 0) is 14.3 Å². The van der Waals surface area contributed by atoms with E-state index in [0.717, 1.165) is 12.8 Å². The maximum absolute atomic E-state index is 12.6. The van der Waals surface area contributed by atoms with Crippen molar-refractivity contribution in [2.75, 3.05) is 19.7 Å². The average Bonchev–Trinajstić information content (AvgIpc) is 2.96. The standard InChI is InChI=1S/C14H22N2O5/c1-2-21-13(19)11-6-3-4-8-16(11)14(20)15-9-5-7-10(15)12(17)18/h10-11H,2-9H2,1H3,(H,17,18)/t10-,11?/m0/s1. The third-order valence-electron chi connectivity index (χ3n) is 4.09. The van der Waals surface area contributed by atoms with Gasteiger partial charge in [-0.05, 0) is 39.0 Å². The van der Waals surface area contributed by atoms with Crippen LogP contribution < -0.4 is 0 Å². The molecular formula is C14H22N2O5. The summed E-state index contributed by atoms with van der Waals surface area (Å²) in [5.41, 5.74) is 0. The molecule has 2 atom stereocenters. The SMILES string of the molecule is CCOC(=O)C1CCCCN1C(=O)N1CCC[C@H]1C(=O)O. The Morgan fingerprint density at radius 3 is 2.33 bits per heavy atom. The van der Waals surface area contributed by atoms with Gasteiger partial charge >= 0.3 is 18.0 Å². The molecule has 2 saturated heterocycles. The van der Waals surface area contributed by atoms with E-state index in [9.17, 15) is 19.5 Å². The van der Waals surface area contributed by atoms with Gasteiger partial charge < -0.3 is 19.6 Å². The number of hydrogen-bond acceptors (Lipinski definition) is 4. The Hall–Kier alpha value is -1.79. The van der Waals surface area contributed by atoms with Gasteiger partial charge in [0.15, 0.2) is 0 Å². The quantitative estimate of drug-likeness (QED) is 0.788. The highest BCUT2D eigenvalue weighted by atomic mass is 16.5. The van der Waals surface area contributed by atoms with Crippen LogP contribution in [0.1, 0.15) is 39.0 Å². The van der Waals surface area contributed by atoms with Crippen molar-refractivity contribution in [3.05, 3.63) is 0 Å². The second-order valence-electron chi connectivity index (χ2n) is 5.43. The Bertz CT molecular complexity index is 426. The predicted octanol–water partition coefficient (Wildman–Crippen LogP) is 1.07. The van der Waals surface area contributed by atoms with E-state index in [1.54, 1.807) is 6.92 Å². The number of carboxylic acid groups (broad SMARTS) is 1. The van der Waals surface area contributed by atoms with Crippen molar-refractivity contribution in [3.63, 3.8) is 0 Å². The monoisotopic (exact) mass is 298 g/mol. The zero-order valence-electron chi connectivity index (χ0n) is 12.3. The smallest absolute Gasteiger partial charge is 0.328 e. The summed E-state index contributed by atoms with van der Waals surface area (Å²) in [5, 5.41) is 9.19. The molecule has 2 rings (SSSR count). The summed E-state index contributed by atoms with van der Waals surface area (Å²) in [7, 11) is 0. The third-order valence-corrected chi connectivity index (χ3v) is 4.09. The summed E-state index contributed by atoms with van der Waals surface area (Å²) in [6.07, 6.45) is 3.43. The fraction of sp³-hybridized carbons (Fsp3) is 0.786. The van der Waals surface area contributed by atoms with Crippen LogP contribution in [0.3, 0.4) is 0 Å². The first-order valence-electron chi connectivity index (χ1n) is 7.53. The van der Waals surface area contributed by atoms with Crippen LogP contribution in [0.25, 0.3) is 0 Å². The van der Waals surface area contributed by atoms with Crippen molar-refractivity contribution >= 4 is 18.0 Å². The number of carbonyl (C=O) groups excluding carboxylic acids is 2. The number of ether oxygens (including phenoxy) is 1. The minimum atomic E-state index is -0.981. The summed E-state index contributed by atoms with van der Waals surface area (Å²) in [4.78, 5) is 38.7. The minimum absolute atomic E-state index is 0.277. The molecule has 0 radical (unpaired) electrons. The zero-order chi connectivity index (χ0) is 15.4. The van der Waals surface area contributed by atoms with Gasteiger partial charge in [0, 0.05) is 13.1 Å². The molecule has 7 heteroatoms. The van der Waals surface area contributed by atoms with E-state index in [1.165, 1.54) is 9.80 Å². The van der Waals surface area contributed by atoms with Gasteiger partial charge in [0.2, 0.25) is 0 Å². The van der Waals surface area contributed by atoms with Crippen molar-refractivity contribution in [1.82, 2.24) is 9.80 Å². The molecule has 118 valence electrons.